The third-order valence-corrected chi connectivity index (χ3v) is 4.47. The van der Waals surface area contributed by atoms with E-state index >= 15 is 0 Å². The Hall–Kier alpha value is -1.62. The Balaban J connectivity index is 1.61. The summed E-state index contributed by atoms with van der Waals surface area (Å²) in [6, 6.07) is 5.90. The first-order chi connectivity index (χ1) is 9.67. The Morgan fingerprint density at radius 1 is 1.30 bits per heavy atom. The Labute approximate surface area is 118 Å². The summed E-state index contributed by atoms with van der Waals surface area (Å²) in [5, 5.41) is 6.14. The lowest BCUT2D eigenvalue weighted by molar-refractivity contribution is 0.191. The van der Waals surface area contributed by atoms with Crippen molar-refractivity contribution in [2.45, 2.75) is 19.3 Å². The van der Waals surface area contributed by atoms with E-state index in [9.17, 15) is 9.18 Å². The smallest absolute Gasteiger partial charge is 0.321 e. The molecule has 108 valence electrons. The number of halogens is 1. The van der Waals surface area contributed by atoms with Crippen molar-refractivity contribution in [1.82, 2.24) is 10.2 Å². The number of carbonyl (C=O) groups is 1. The number of piperidine rings is 1. The maximum absolute atomic E-state index is 13.1. The van der Waals surface area contributed by atoms with Crippen LogP contribution in [-0.4, -0.2) is 37.1 Å². The lowest BCUT2D eigenvalue weighted by Crippen LogP contribution is -2.40. The van der Waals surface area contributed by atoms with E-state index in [4.69, 9.17) is 0 Å². The molecular weight excluding hydrogens is 257 g/mol. The number of anilines is 1. The van der Waals surface area contributed by atoms with Gasteiger partial charge in [-0.05, 0) is 56.0 Å². The summed E-state index contributed by atoms with van der Waals surface area (Å²) < 4.78 is 13.1. The number of nitrogens with one attached hydrogen (secondary N) is 2. The lowest BCUT2D eigenvalue weighted by atomic mass is 9.78. The number of likely N-dealkylation sites (tertiary alicyclic amines) is 1. The van der Waals surface area contributed by atoms with Crippen LogP contribution in [0.15, 0.2) is 24.3 Å². The Kier molecular flexibility index (Phi) is 3.61. The zero-order valence-electron chi connectivity index (χ0n) is 11.5. The third-order valence-electron chi connectivity index (χ3n) is 4.47. The molecule has 0 radical (unpaired) electrons. The zero-order chi connectivity index (χ0) is 14.0. The van der Waals surface area contributed by atoms with Gasteiger partial charge in [-0.2, -0.15) is 0 Å². The van der Waals surface area contributed by atoms with Crippen LogP contribution in [0, 0.1) is 11.2 Å². The first-order valence-corrected chi connectivity index (χ1v) is 7.19. The first kappa shape index (κ1) is 13.4. The number of urea groups is 1. The zero-order valence-corrected chi connectivity index (χ0v) is 11.5. The van der Waals surface area contributed by atoms with E-state index in [0.29, 0.717) is 11.1 Å². The van der Waals surface area contributed by atoms with Crippen LogP contribution in [0.25, 0.3) is 0 Å². The molecular formula is C15H20FN3O. The summed E-state index contributed by atoms with van der Waals surface area (Å²) in [4.78, 5) is 14.1. The molecule has 2 fully saturated rings. The normalized spacial score (nSPS) is 21.1. The van der Waals surface area contributed by atoms with Gasteiger partial charge in [0.25, 0.3) is 0 Å². The maximum atomic E-state index is 13.1. The lowest BCUT2D eigenvalue weighted by Gasteiger charge is -2.33. The van der Waals surface area contributed by atoms with Gasteiger partial charge in [0.1, 0.15) is 5.82 Å². The topological polar surface area (TPSA) is 44.4 Å². The molecule has 0 aromatic heterocycles. The van der Waals surface area contributed by atoms with E-state index in [1.165, 1.54) is 12.1 Å². The van der Waals surface area contributed by atoms with Gasteiger partial charge < -0.3 is 15.5 Å². The number of hydrogen-bond donors (Lipinski definition) is 2. The molecule has 0 saturated carbocycles. The van der Waals surface area contributed by atoms with Gasteiger partial charge in [0, 0.05) is 18.8 Å². The number of nitrogens with zero attached hydrogens (tertiary/aromatic N) is 1. The van der Waals surface area contributed by atoms with E-state index in [-0.39, 0.29) is 11.8 Å². The second kappa shape index (κ2) is 5.40. The molecule has 1 aromatic carbocycles. The van der Waals surface area contributed by atoms with Gasteiger partial charge in [0.2, 0.25) is 0 Å². The first-order valence-electron chi connectivity index (χ1n) is 7.19. The van der Waals surface area contributed by atoms with Crippen molar-refractivity contribution in [1.29, 1.82) is 0 Å². The number of benzene rings is 1. The standard InChI is InChI=1S/C15H20FN3O/c16-12-2-1-3-13(10-12)18-14(20)19-9-6-15(11-19)4-7-17-8-5-15/h1-3,10,17H,4-9,11H2,(H,18,20). The highest BCUT2D eigenvalue weighted by molar-refractivity contribution is 5.89. The highest BCUT2D eigenvalue weighted by Crippen LogP contribution is 2.38. The summed E-state index contributed by atoms with van der Waals surface area (Å²) in [5.41, 5.74) is 0.811. The molecule has 2 amide bonds. The molecule has 0 aliphatic carbocycles. The van der Waals surface area contributed by atoms with Crippen LogP contribution in [0.1, 0.15) is 19.3 Å². The Bertz CT molecular complexity index is 500. The highest BCUT2D eigenvalue weighted by atomic mass is 19.1. The maximum Gasteiger partial charge on any atom is 0.321 e. The molecule has 0 unspecified atom stereocenters. The van der Waals surface area contributed by atoms with Crippen molar-refractivity contribution in [3.8, 4) is 0 Å². The molecule has 2 aliphatic heterocycles. The molecule has 2 saturated heterocycles. The van der Waals surface area contributed by atoms with Gasteiger partial charge in [0.05, 0.1) is 0 Å². The van der Waals surface area contributed by atoms with Crippen LogP contribution < -0.4 is 10.6 Å². The van der Waals surface area contributed by atoms with E-state index in [2.05, 4.69) is 10.6 Å². The fourth-order valence-electron chi connectivity index (χ4n) is 3.24. The van der Waals surface area contributed by atoms with E-state index in [0.717, 1.165) is 45.4 Å². The molecule has 20 heavy (non-hydrogen) atoms. The number of amides is 2. The molecule has 2 aliphatic rings. The summed E-state index contributed by atoms with van der Waals surface area (Å²) in [6.45, 7) is 3.69. The van der Waals surface area contributed by atoms with Crippen LogP contribution >= 0.6 is 0 Å². The van der Waals surface area contributed by atoms with Crippen LogP contribution in [0.3, 0.4) is 0 Å². The van der Waals surface area contributed by atoms with E-state index in [1.54, 1.807) is 12.1 Å². The van der Waals surface area contributed by atoms with E-state index < -0.39 is 0 Å². The van der Waals surface area contributed by atoms with Crippen LogP contribution in [0.2, 0.25) is 0 Å². The van der Waals surface area contributed by atoms with Crippen molar-refractivity contribution in [2.75, 3.05) is 31.5 Å². The molecule has 1 spiro atoms. The molecule has 0 bridgehead atoms. The van der Waals surface area contributed by atoms with Crippen LogP contribution in [-0.2, 0) is 0 Å². The SMILES string of the molecule is O=C(Nc1cccc(F)c1)N1CCC2(CCNCC2)C1. The van der Waals surface area contributed by atoms with Gasteiger partial charge in [-0.3, -0.25) is 0 Å². The minimum absolute atomic E-state index is 0.119. The summed E-state index contributed by atoms with van der Waals surface area (Å²) >= 11 is 0. The largest absolute Gasteiger partial charge is 0.324 e. The molecule has 2 heterocycles. The molecule has 1 aromatic rings. The third kappa shape index (κ3) is 2.77. The average Bonchev–Trinajstić information content (AvgIpc) is 2.83. The Morgan fingerprint density at radius 2 is 2.10 bits per heavy atom. The minimum Gasteiger partial charge on any atom is -0.324 e. The summed E-state index contributed by atoms with van der Waals surface area (Å²) in [5.74, 6) is -0.334. The van der Waals surface area contributed by atoms with E-state index in [1.807, 2.05) is 4.90 Å². The van der Waals surface area contributed by atoms with Crippen molar-refractivity contribution in [3.05, 3.63) is 30.1 Å². The second-order valence-corrected chi connectivity index (χ2v) is 5.86. The molecule has 2 N–H and O–H groups in total. The van der Waals surface area contributed by atoms with Gasteiger partial charge in [-0.1, -0.05) is 6.07 Å². The number of rotatable bonds is 1. The van der Waals surface area contributed by atoms with Gasteiger partial charge >= 0.3 is 6.03 Å². The molecule has 5 heteroatoms. The monoisotopic (exact) mass is 277 g/mol. The summed E-state index contributed by atoms with van der Waals surface area (Å²) in [6.07, 6.45) is 3.35. The number of hydrogen-bond acceptors (Lipinski definition) is 2. The minimum atomic E-state index is -0.334. The van der Waals surface area contributed by atoms with Crippen molar-refractivity contribution < 1.29 is 9.18 Å². The van der Waals surface area contributed by atoms with Gasteiger partial charge in [-0.25, -0.2) is 9.18 Å². The molecule has 0 atom stereocenters. The highest BCUT2D eigenvalue weighted by Gasteiger charge is 2.40. The fourth-order valence-corrected chi connectivity index (χ4v) is 3.24. The molecule has 4 nitrogen and oxygen atoms in total. The predicted molar refractivity (Wildman–Crippen MR) is 76.1 cm³/mol. The fraction of sp³-hybridized carbons (Fsp3) is 0.533. The van der Waals surface area contributed by atoms with Gasteiger partial charge in [-0.15, -0.1) is 0 Å². The van der Waals surface area contributed by atoms with Crippen molar-refractivity contribution in [3.63, 3.8) is 0 Å². The van der Waals surface area contributed by atoms with Crippen molar-refractivity contribution >= 4 is 11.7 Å². The molecule has 3 rings (SSSR count). The van der Waals surface area contributed by atoms with Crippen molar-refractivity contribution in [2.24, 2.45) is 5.41 Å². The second-order valence-electron chi connectivity index (χ2n) is 5.86. The number of carbonyl (C=O) groups excluding carboxylic acids is 1. The average molecular weight is 277 g/mol. The van der Waals surface area contributed by atoms with Crippen LogP contribution in [0.4, 0.5) is 14.9 Å². The van der Waals surface area contributed by atoms with Crippen LogP contribution in [0.5, 0.6) is 0 Å². The quantitative estimate of drug-likeness (QED) is 0.828. The Morgan fingerprint density at radius 3 is 2.85 bits per heavy atom. The summed E-state index contributed by atoms with van der Waals surface area (Å²) in [7, 11) is 0. The predicted octanol–water partition coefficient (Wildman–Crippen LogP) is 2.43. The van der Waals surface area contributed by atoms with Gasteiger partial charge in [0.15, 0.2) is 0 Å².